The van der Waals surface area contributed by atoms with Crippen LogP contribution in [0.15, 0.2) is 30.3 Å². The molecule has 1 saturated carbocycles. The standard InChI is InChI=1S/C12H13BF3O2/c1-2-18-12(17)10-9(11(10)13(14,15)16)8-6-4-3-5-7-8/h3-7,9-11H,2H2,1H3/q-1/t9?,10-,11-/m0/s1. The highest BCUT2D eigenvalue weighted by Gasteiger charge is 2.63. The molecule has 1 aliphatic rings. The summed E-state index contributed by atoms with van der Waals surface area (Å²) < 4.78 is 43.4. The molecule has 0 spiro atoms. The summed E-state index contributed by atoms with van der Waals surface area (Å²) in [5.74, 6) is -4.13. The van der Waals surface area contributed by atoms with Crippen LogP contribution in [0.1, 0.15) is 18.4 Å². The molecule has 1 fully saturated rings. The molecule has 0 saturated heterocycles. The summed E-state index contributed by atoms with van der Waals surface area (Å²) in [6.45, 7) is -3.33. The Morgan fingerprint density at radius 1 is 1.28 bits per heavy atom. The van der Waals surface area contributed by atoms with Gasteiger partial charge in [-0.3, -0.25) is 4.79 Å². The maximum atomic E-state index is 12.9. The molecule has 0 bridgehead atoms. The Morgan fingerprint density at radius 2 is 1.89 bits per heavy atom. The number of ether oxygens (including phenoxy) is 1. The Labute approximate surface area is 103 Å². The van der Waals surface area contributed by atoms with Crippen LogP contribution in [0.5, 0.6) is 0 Å². The fraction of sp³-hybridized carbons (Fsp3) is 0.417. The lowest BCUT2D eigenvalue weighted by molar-refractivity contribution is -0.144. The molecule has 1 aromatic rings. The van der Waals surface area contributed by atoms with Crippen molar-refractivity contribution in [2.45, 2.75) is 18.7 Å². The molecular formula is C12H13BF3O2-. The van der Waals surface area contributed by atoms with Crippen LogP contribution in [0.2, 0.25) is 5.82 Å². The van der Waals surface area contributed by atoms with Gasteiger partial charge in [-0.05, 0) is 18.4 Å². The van der Waals surface area contributed by atoms with Crippen LogP contribution in [0.3, 0.4) is 0 Å². The van der Waals surface area contributed by atoms with Gasteiger partial charge in [-0.2, -0.15) is 0 Å². The van der Waals surface area contributed by atoms with Crippen molar-refractivity contribution < 1.29 is 22.5 Å². The Hall–Kier alpha value is -1.46. The molecule has 0 amide bonds. The normalized spacial score (nSPS) is 26.8. The lowest BCUT2D eigenvalue weighted by Crippen LogP contribution is -2.19. The third-order valence-corrected chi connectivity index (χ3v) is 3.26. The summed E-state index contributed by atoms with van der Waals surface area (Å²) in [6.07, 6.45) is 0. The van der Waals surface area contributed by atoms with E-state index in [0.717, 1.165) is 0 Å². The Balaban J connectivity index is 2.21. The number of benzene rings is 1. The smallest absolute Gasteiger partial charge is 0.466 e. The van der Waals surface area contributed by atoms with Gasteiger partial charge in [-0.15, -0.1) is 0 Å². The summed E-state index contributed by atoms with van der Waals surface area (Å²) in [7, 11) is 0. The van der Waals surface area contributed by atoms with Gasteiger partial charge in [0.05, 0.1) is 6.61 Å². The molecule has 2 nitrogen and oxygen atoms in total. The fourth-order valence-electron chi connectivity index (χ4n) is 2.45. The first kappa shape index (κ1) is 13.0. The molecule has 18 heavy (non-hydrogen) atoms. The van der Waals surface area contributed by atoms with Crippen molar-refractivity contribution >= 4 is 12.9 Å². The van der Waals surface area contributed by atoms with Crippen molar-refractivity contribution in [1.29, 1.82) is 0 Å². The van der Waals surface area contributed by atoms with Gasteiger partial charge in [0, 0.05) is 5.92 Å². The van der Waals surface area contributed by atoms with E-state index in [1.54, 1.807) is 37.3 Å². The van der Waals surface area contributed by atoms with Crippen molar-refractivity contribution in [2.75, 3.05) is 6.61 Å². The molecule has 1 unspecified atom stereocenters. The van der Waals surface area contributed by atoms with Gasteiger partial charge < -0.3 is 17.7 Å². The number of carbonyl (C=O) groups excluding carboxylic acids is 1. The second-order valence-electron chi connectivity index (χ2n) is 4.42. The highest BCUT2D eigenvalue weighted by Crippen LogP contribution is 2.65. The van der Waals surface area contributed by atoms with Crippen molar-refractivity contribution in [3.8, 4) is 0 Å². The minimum Gasteiger partial charge on any atom is -0.466 e. The van der Waals surface area contributed by atoms with Crippen LogP contribution in [0, 0.1) is 5.92 Å². The van der Waals surface area contributed by atoms with E-state index in [1.807, 2.05) is 0 Å². The first-order valence-corrected chi connectivity index (χ1v) is 5.88. The molecule has 98 valence electrons. The largest absolute Gasteiger partial charge is 0.482 e. The summed E-state index contributed by atoms with van der Waals surface area (Å²) >= 11 is 0. The molecule has 3 atom stereocenters. The zero-order valence-corrected chi connectivity index (χ0v) is 9.85. The van der Waals surface area contributed by atoms with Gasteiger partial charge in [0.2, 0.25) is 0 Å². The van der Waals surface area contributed by atoms with Gasteiger partial charge in [0.1, 0.15) is 0 Å². The number of halogens is 3. The molecule has 1 aliphatic carbocycles. The number of hydrogen-bond acceptors (Lipinski definition) is 2. The van der Waals surface area contributed by atoms with E-state index in [0.29, 0.717) is 5.56 Å². The minimum absolute atomic E-state index is 0.106. The number of carbonyl (C=O) groups is 1. The van der Waals surface area contributed by atoms with E-state index in [1.165, 1.54) is 0 Å². The second kappa shape index (κ2) is 4.67. The van der Waals surface area contributed by atoms with Gasteiger partial charge in [-0.1, -0.05) is 36.1 Å². The third-order valence-electron chi connectivity index (χ3n) is 3.26. The lowest BCUT2D eigenvalue weighted by Gasteiger charge is -2.13. The molecule has 2 rings (SSSR count). The van der Waals surface area contributed by atoms with E-state index < -0.39 is 30.6 Å². The molecule has 0 aromatic heterocycles. The van der Waals surface area contributed by atoms with Crippen molar-refractivity contribution in [3.63, 3.8) is 0 Å². The van der Waals surface area contributed by atoms with Crippen LogP contribution < -0.4 is 0 Å². The first-order chi connectivity index (χ1) is 8.46. The monoisotopic (exact) mass is 257 g/mol. The number of hydrogen-bond donors (Lipinski definition) is 0. The molecule has 0 radical (unpaired) electrons. The number of esters is 1. The maximum Gasteiger partial charge on any atom is 0.482 e. The van der Waals surface area contributed by atoms with E-state index in [2.05, 4.69) is 0 Å². The summed E-state index contributed by atoms with van der Waals surface area (Å²) in [5.41, 5.74) is 0.555. The van der Waals surface area contributed by atoms with E-state index in [9.17, 15) is 17.7 Å². The lowest BCUT2D eigenvalue weighted by atomic mass is 9.80. The van der Waals surface area contributed by atoms with Crippen LogP contribution in [-0.2, 0) is 9.53 Å². The molecule has 0 heterocycles. The van der Waals surface area contributed by atoms with Crippen LogP contribution in [0.25, 0.3) is 0 Å². The Morgan fingerprint density at radius 3 is 2.39 bits per heavy atom. The molecule has 0 aliphatic heterocycles. The van der Waals surface area contributed by atoms with Gasteiger partial charge in [0.25, 0.3) is 0 Å². The predicted molar refractivity (Wildman–Crippen MR) is 62.1 cm³/mol. The number of rotatable bonds is 4. The summed E-state index contributed by atoms with van der Waals surface area (Å²) in [4.78, 5) is 11.5. The fourth-order valence-corrected chi connectivity index (χ4v) is 2.45. The molecule has 6 heteroatoms. The highest BCUT2D eigenvalue weighted by atomic mass is 19.4. The average Bonchev–Trinajstić information content (AvgIpc) is 3.05. The Kier molecular flexibility index (Phi) is 3.37. The van der Waals surface area contributed by atoms with Crippen molar-refractivity contribution in [3.05, 3.63) is 35.9 Å². The van der Waals surface area contributed by atoms with Crippen molar-refractivity contribution in [2.24, 2.45) is 5.92 Å². The minimum atomic E-state index is -5.02. The van der Waals surface area contributed by atoms with Gasteiger partial charge in [0.15, 0.2) is 0 Å². The zero-order chi connectivity index (χ0) is 13.3. The van der Waals surface area contributed by atoms with E-state index in [-0.39, 0.29) is 6.61 Å². The van der Waals surface area contributed by atoms with Crippen LogP contribution in [-0.4, -0.2) is 19.6 Å². The summed E-state index contributed by atoms with van der Waals surface area (Å²) in [5, 5.41) is 0. The predicted octanol–water partition coefficient (Wildman–Crippen LogP) is 3.18. The van der Waals surface area contributed by atoms with E-state index >= 15 is 0 Å². The SMILES string of the molecule is CCOC(=O)[C@H]1C(c2ccccc2)[C@@H]1[B-](F)(F)F. The molecule has 0 N–H and O–H groups in total. The van der Waals surface area contributed by atoms with Gasteiger partial charge in [-0.25, -0.2) is 0 Å². The zero-order valence-electron chi connectivity index (χ0n) is 9.85. The average molecular weight is 257 g/mol. The topological polar surface area (TPSA) is 26.3 Å². The second-order valence-corrected chi connectivity index (χ2v) is 4.42. The van der Waals surface area contributed by atoms with Crippen LogP contribution in [0.4, 0.5) is 12.9 Å². The van der Waals surface area contributed by atoms with Crippen LogP contribution >= 0.6 is 0 Å². The van der Waals surface area contributed by atoms with Crippen molar-refractivity contribution in [1.82, 2.24) is 0 Å². The maximum absolute atomic E-state index is 12.9. The molecule has 1 aromatic carbocycles. The third kappa shape index (κ3) is 2.37. The first-order valence-electron chi connectivity index (χ1n) is 5.88. The highest BCUT2D eigenvalue weighted by molar-refractivity contribution is 6.62. The summed E-state index contributed by atoms with van der Waals surface area (Å²) in [6, 6.07) is 8.34. The Bertz CT molecular complexity index is 433. The van der Waals surface area contributed by atoms with Gasteiger partial charge >= 0.3 is 12.9 Å². The van der Waals surface area contributed by atoms with E-state index in [4.69, 9.17) is 4.74 Å². The quantitative estimate of drug-likeness (QED) is 0.611. The molecular weight excluding hydrogens is 244 g/mol.